The van der Waals surface area contributed by atoms with E-state index in [-0.39, 0.29) is 47.8 Å². The molecule has 0 saturated carbocycles. The third-order valence-corrected chi connectivity index (χ3v) is 5.67. The molecule has 1 aliphatic heterocycles. The average Bonchev–Trinajstić information content (AvgIpc) is 3.27. The summed E-state index contributed by atoms with van der Waals surface area (Å²) >= 11 is 0. The largest absolute Gasteiger partial charge is 0.465 e. The van der Waals surface area contributed by atoms with Crippen molar-refractivity contribution in [2.24, 2.45) is 10.9 Å². The number of carbonyl (C=O) groups excluding carboxylic acids is 2. The summed E-state index contributed by atoms with van der Waals surface area (Å²) in [5, 5.41) is 0. The maximum absolute atomic E-state index is 13.3. The molecule has 2 aromatic rings. The maximum Gasteiger partial charge on any atom is 0.416 e. The van der Waals surface area contributed by atoms with Gasteiger partial charge >= 0.3 is 24.3 Å². The number of halogens is 6. The normalized spacial score (nSPS) is 18.5. The van der Waals surface area contributed by atoms with Gasteiger partial charge in [-0.3, -0.25) is 9.79 Å². The number of aliphatic imine (C=N–C) groups is 1. The van der Waals surface area contributed by atoms with Crippen LogP contribution in [0.3, 0.4) is 0 Å². The van der Waals surface area contributed by atoms with Crippen LogP contribution in [0.5, 0.6) is 0 Å². The first kappa shape index (κ1) is 28.0. The number of alkyl halides is 6. The maximum atomic E-state index is 13.3. The molecule has 0 fully saturated rings. The quantitative estimate of drug-likeness (QED) is 0.312. The Balaban J connectivity index is 2.19. The molecule has 2 atom stereocenters. The van der Waals surface area contributed by atoms with Gasteiger partial charge in [0, 0.05) is 17.0 Å². The highest BCUT2D eigenvalue weighted by Crippen LogP contribution is 2.43. The molecular formula is C25H23F6NO5. The van der Waals surface area contributed by atoms with E-state index in [0.29, 0.717) is 12.1 Å². The first-order chi connectivity index (χ1) is 17.2. The van der Waals surface area contributed by atoms with Crippen molar-refractivity contribution in [2.45, 2.75) is 46.0 Å². The van der Waals surface area contributed by atoms with E-state index in [1.54, 1.807) is 13.8 Å². The van der Waals surface area contributed by atoms with Crippen molar-refractivity contribution in [1.82, 2.24) is 0 Å². The number of benzene rings is 1. The number of ether oxygens (including phenoxy) is 2. The Bertz CT molecular complexity index is 1220. The van der Waals surface area contributed by atoms with Crippen molar-refractivity contribution < 1.29 is 49.8 Å². The molecule has 1 aliphatic rings. The number of rotatable bonds is 6. The summed E-state index contributed by atoms with van der Waals surface area (Å²) < 4.78 is 96.0. The Morgan fingerprint density at radius 3 is 2.00 bits per heavy atom. The molecule has 12 heteroatoms. The summed E-state index contributed by atoms with van der Waals surface area (Å²) in [7, 11) is 0. The number of allylic oxidation sites excluding steroid dienone is 1. The van der Waals surface area contributed by atoms with Crippen LogP contribution in [0.1, 0.15) is 50.5 Å². The van der Waals surface area contributed by atoms with E-state index in [0.717, 1.165) is 0 Å². The van der Waals surface area contributed by atoms with E-state index >= 15 is 0 Å². The Kier molecular flexibility index (Phi) is 7.89. The molecule has 0 amide bonds. The molecule has 2 heterocycles. The van der Waals surface area contributed by atoms with Crippen molar-refractivity contribution in [1.29, 1.82) is 0 Å². The lowest BCUT2D eigenvalue weighted by molar-refractivity contribution is -0.147. The lowest BCUT2D eigenvalue weighted by atomic mass is 9.78. The van der Waals surface area contributed by atoms with Gasteiger partial charge < -0.3 is 13.9 Å². The predicted molar refractivity (Wildman–Crippen MR) is 119 cm³/mol. The second-order valence-corrected chi connectivity index (χ2v) is 8.18. The third-order valence-electron chi connectivity index (χ3n) is 5.67. The Morgan fingerprint density at radius 1 is 0.919 bits per heavy atom. The van der Waals surface area contributed by atoms with Gasteiger partial charge in [-0.15, -0.1) is 0 Å². The van der Waals surface area contributed by atoms with Gasteiger partial charge in [-0.1, -0.05) is 0 Å². The molecule has 0 spiro atoms. The van der Waals surface area contributed by atoms with Crippen LogP contribution in [0.25, 0.3) is 11.3 Å². The number of carbonyl (C=O) groups is 2. The van der Waals surface area contributed by atoms with Crippen LogP contribution in [0.4, 0.5) is 26.3 Å². The molecule has 3 rings (SSSR count). The highest BCUT2D eigenvalue weighted by atomic mass is 19.4. The minimum absolute atomic E-state index is 0.00294. The minimum Gasteiger partial charge on any atom is -0.465 e. The summed E-state index contributed by atoms with van der Waals surface area (Å²) in [4.78, 5) is 29.9. The monoisotopic (exact) mass is 531 g/mol. The van der Waals surface area contributed by atoms with Gasteiger partial charge in [0.1, 0.15) is 17.4 Å². The lowest BCUT2D eigenvalue weighted by Gasteiger charge is -2.29. The standard InChI is InChI=1S/C25H23F6NO5/c1-5-35-22(33)19-12(3)32-13(4)20(23(34)36-6-2)21(19)18-8-7-17(37-18)14-9-15(24(26,27)28)11-16(10-14)25(29,30)31/h7-11,19,21H,5-6H2,1-4H3. The molecule has 1 aromatic heterocycles. The zero-order chi connectivity index (χ0) is 27.7. The van der Waals surface area contributed by atoms with Crippen molar-refractivity contribution >= 4 is 17.7 Å². The van der Waals surface area contributed by atoms with Gasteiger partial charge in [-0.05, 0) is 58.0 Å². The van der Waals surface area contributed by atoms with Crippen LogP contribution in [0.2, 0.25) is 0 Å². The number of hydrogen-bond donors (Lipinski definition) is 0. The topological polar surface area (TPSA) is 78.1 Å². The van der Waals surface area contributed by atoms with Crippen LogP contribution in [0, 0.1) is 5.92 Å². The van der Waals surface area contributed by atoms with Crippen LogP contribution in [-0.4, -0.2) is 30.9 Å². The number of esters is 2. The van der Waals surface area contributed by atoms with E-state index in [2.05, 4.69) is 4.99 Å². The zero-order valence-electron chi connectivity index (χ0n) is 20.2. The summed E-state index contributed by atoms with van der Waals surface area (Å²) in [6, 6.07) is 3.52. The van der Waals surface area contributed by atoms with Gasteiger partial charge in [0.25, 0.3) is 0 Å². The number of hydrogen-bond acceptors (Lipinski definition) is 6. The lowest BCUT2D eigenvalue weighted by Crippen LogP contribution is -2.36. The second-order valence-electron chi connectivity index (χ2n) is 8.18. The summed E-state index contributed by atoms with van der Waals surface area (Å²) in [5.74, 6) is -4.20. The molecule has 37 heavy (non-hydrogen) atoms. The van der Waals surface area contributed by atoms with Gasteiger partial charge in [0.05, 0.1) is 35.8 Å². The molecule has 0 aliphatic carbocycles. The molecule has 200 valence electrons. The van der Waals surface area contributed by atoms with Crippen molar-refractivity contribution in [3.63, 3.8) is 0 Å². The summed E-state index contributed by atoms with van der Waals surface area (Å²) in [6.45, 7) is 6.21. The summed E-state index contributed by atoms with van der Waals surface area (Å²) in [6.07, 6.45) is -10.1. The molecule has 0 N–H and O–H groups in total. The van der Waals surface area contributed by atoms with Crippen LogP contribution < -0.4 is 0 Å². The van der Waals surface area contributed by atoms with E-state index in [1.165, 1.54) is 26.0 Å². The van der Waals surface area contributed by atoms with Gasteiger partial charge in [-0.2, -0.15) is 26.3 Å². The highest BCUT2D eigenvalue weighted by molar-refractivity contribution is 6.06. The molecule has 6 nitrogen and oxygen atoms in total. The average molecular weight is 531 g/mol. The molecule has 0 saturated heterocycles. The van der Waals surface area contributed by atoms with Crippen LogP contribution in [-0.2, 0) is 31.4 Å². The third kappa shape index (κ3) is 5.89. The Labute approximate surface area is 208 Å². The van der Waals surface area contributed by atoms with Crippen LogP contribution in [0.15, 0.2) is 51.0 Å². The predicted octanol–water partition coefficient (Wildman–Crippen LogP) is 6.56. The van der Waals surface area contributed by atoms with Gasteiger partial charge in [-0.25, -0.2) is 4.79 Å². The summed E-state index contributed by atoms with van der Waals surface area (Å²) in [5.41, 5.74) is -3.04. The van der Waals surface area contributed by atoms with E-state index in [1.807, 2.05) is 0 Å². The molecule has 0 bridgehead atoms. The molecule has 1 aromatic carbocycles. The van der Waals surface area contributed by atoms with E-state index in [9.17, 15) is 35.9 Å². The number of furan rings is 1. The fourth-order valence-electron chi connectivity index (χ4n) is 4.13. The van der Waals surface area contributed by atoms with E-state index in [4.69, 9.17) is 13.9 Å². The fourth-order valence-corrected chi connectivity index (χ4v) is 4.13. The first-order valence-corrected chi connectivity index (χ1v) is 11.2. The number of nitrogens with zero attached hydrogens (tertiary/aromatic N) is 1. The fraction of sp³-hybridized carbons (Fsp3) is 0.400. The highest BCUT2D eigenvalue weighted by Gasteiger charge is 2.44. The van der Waals surface area contributed by atoms with Gasteiger partial charge in [0.15, 0.2) is 0 Å². The minimum atomic E-state index is -5.05. The van der Waals surface area contributed by atoms with Crippen molar-refractivity contribution in [3.8, 4) is 11.3 Å². The zero-order valence-corrected chi connectivity index (χ0v) is 20.2. The van der Waals surface area contributed by atoms with Gasteiger partial charge in [0.2, 0.25) is 0 Å². The smallest absolute Gasteiger partial charge is 0.416 e. The second kappa shape index (κ2) is 10.4. The van der Waals surface area contributed by atoms with E-state index < -0.39 is 52.8 Å². The first-order valence-electron chi connectivity index (χ1n) is 11.2. The van der Waals surface area contributed by atoms with Crippen molar-refractivity contribution in [3.05, 3.63) is 58.5 Å². The molecule has 2 unspecified atom stereocenters. The Hall–Kier alpha value is -3.57. The SMILES string of the molecule is CCOC(=O)C1=C(C)N=C(C)C(C(=O)OCC)C1c1ccc(-c2cc(C(F)(F)F)cc(C(F)(F)F)c2)o1. The van der Waals surface area contributed by atoms with Crippen molar-refractivity contribution in [2.75, 3.05) is 13.2 Å². The molecule has 0 radical (unpaired) electrons. The Morgan fingerprint density at radius 2 is 1.49 bits per heavy atom. The molecular weight excluding hydrogens is 508 g/mol. The van der Waals surface area contributed by atoms with Crippen LogP contribution >= 0.6 is 0 Å².